The van der Waals surface area contributed by atoms with Crippen LogP contribution in [0.2, 0.25) is 5.02 Å². The minimum absolute atomic E-state index is 0.270. The Hall–Kier alpha value is -1.01. The average molecular weight is 255 g/mol. The van der Waals surface area contributed by atoms with E-state index < -0.39 is 12.8 Å². The van der Waals surface area contributed by atoms with Gasteiger partial charge in [-0.2, -0.15) is 13.2 Å². The summed E-state index contributed by atoms with van der Waals surface area (Å²) in [4.78, 5) is 3.97. The Balaban J connectivity index is 2.59. The number of hydrogen-bond acceptors (Lipinski definition) is 3. The van der Waals surface area contributed by atoms with Gasteiger partial charge < -0.3 is 10.1 Å². The molecule has 16 heavy (non-hydrogen) atoms. The van der Waals surface area contributed by atoms with Gasteiger partial charge in [0, 0.05) is 7.05 Å². The third kappa shape index (κ3) is 4.24. The standard InChI is InChI=1S/C9H10ClF3N2O/c1-14-8-3-2-6(10)7(15-8)4-16-5-9(11,12)13/h2-3H,4-5H2,1H3,(H,14,15). The van der Waals surface area contributed by atoms with Crippen LogP contribution in [0.15, 0.2) is 12.1 Å². The monoisotopic (exact) mass is 254 g/mol. The van der Waals surface area contributed by atoms with Crippen molar-refractivity contribution in [3.63, 3.8) is 0 Å². The Morgan fingerprint density at radius 3 is 2.69 bits per heavy atom. The molecule has 0 amide bonds. The van der Waals surface area contributed by atoms with Crippen LogP contribution in [0.4, 0.5) is 19.0 Å². The van der Waals surface area contributed by atoms with Gasteiger partial charge in [0.2, 0.25) is 0 Å². The highest BCUT2D eigenvalue weighted by molar-refractivity contribution is 6.31. The molecule has 0 aliphatic heterocycles. The molecule has 7 heteroatoms. The molecular formula is C9H10ClF3N2O. The van der Waals surface area contributed by atoms with E-state index in [1.165, 1.54) is 0 Å². The Morgan fingerprint density at radius 2 is 2.12 bits per heavy atom. The van der Waals surface area contributed by atoms with Gasteiger partial charge in [0.1, 0.15) is 12.4 Å². The van der Waals surface area contributed by atoms with Crippen LogP contribution in [-0.2, 0) is 11.3 Å². The summed E-state index contributed by atoms with van der Waals surface area (Å²) in [6, 6.07) is 3.17. The Labute approximate surface area is 95.6 Å². The van der Waals surface area contributed by atoms with E-state index in [-0.39, 0.29) is 17.3 Å². The van der Waals surface area contributed by atoms with E-state index in [2.05, 4.69) is 15.0 Å². The second-order valence-corrected chi connectivity index (χ2v) is 3.39. The molecule has 0 unspecified atom stereocenters. The van der Waals surface area contributed by atoms with Gasteiger partial charge in [-0.3, -0.25) is 0 Å². The van der Waals surface area contributed by atoms with Gasteiger partial charge in [0.25, 0.3) is 0 Å². The number of pyridine rings is 1. The average Bonchev–Trinajstić information content (AvgIpc) is 2.19. The molecule has 90 valence electrons. The molecular weight excluding hydrogens is 245 g/mol. The van der Waals surface area contributed by atoms with E-state index in [0.29, 0.717) is 5.82 Å². The van der Waals surface area contributed by atoms with Crippen LogP contribution >= 0.6 is 11.6 Å². The largest absolute Gasteiger partial charge is 0.411 e. The summed E-state index contributed by atoms with van der Waals surface area (Å²) in [5.74, 6) is 0.523. The Morgan fingerprint density at radius 1 is 1.44 bits per heavy atom. The highest BCUT2D eigenvalue weighted by Crippen LogP contribution is 2.19. The molecule has 0 aliphatic carbocycles. The number of rotatable bonds is 4. The van der Waals surface area contributed by atoms with Crippen molar-refractivity contribution >= 4 is 17.4 Å². The van der Waals surface area contributed by atoms with Crippen LogP contribution in [0.1, 0.15) is 5.69 Å². The molecule has 1 aromatic rings. The molecule has 1 N–H and O–H groups in total. The first-order valence-electron chi connectivity index (χ1n) is 4.40. The van der Waals surface area contributed by atoms with Crippen LogP contribution in [0.5, 0.6) is 0 Å². The molecule has 1 heterocycles. The smallest absolute Gasteiger partial charge is 0.373 e. The third-order valence-electron chi connectivity index (χ3n) is 1.68. The van der Waals surface area contributed by atoms with E-state index in [9.17, 15) is 13.2 Å². The minimum Gasteiger partial charge on any atom is -0.373 e. The summed E-state index contributed by atoms with van der Waals surface area (Å²) in [7, 11) is 1.65. The van der Waals surface area contributed by atoms with Crippen molar-refractivity contribution in [2.45, 2.75) is 12.8 Å². The topological polar surface area (TPSA) is 34.1 Å². The maximum absolute atomic E-state index is 11.8. The molecule has 0 radical (unpaired) electrons. The molecule has 0 spiro atoms. The summed E-state index contributed by atoms with van der Waals surface area (Å²) in [6.07, 6.45) is -4.34. The molecule has 3 nitrogen and oxygen atoms in total. The van der Waals surface area contributed by atoms with Crippen LogP contribution in [0.3, 0.4) is 0 Å². The first-order chi connectivity index (χ1) is 7.42. The number of aromatic nitrogens is 1. The van der Waals surface area contributed by atoms with Gasteiger partial charge in [-0.05, 0) is 12.1 Å². The molecule has 0 aliphatic rings. The van der Waals surface area contributed by atoms with Crippen molar-refractivity contribution in [3.8, 4) is 0 Å². The van der Waals surface area contributed by atoms with Gasteiger partial charge >= 0.3 is 6.18 Å². The van der Waals surface area contributed by atoms with Gasteiger partial charge in [-0.1, -0.05) is 11.6 Å². The molecule has 1 rings (SSSR count). The lowest BCUT2D eigenvalue weighted by Gasteiger charge is -2.09. The third-order valence-corrected chi connectivity index (χ3v) is 2.02. The summed E-state index contributed by atoms with van der Waals surface area (Å²) in [5, 5.41) is 3.03. The quantitative estimate of drug-likeness (QED) is 0.897. The fourth-order valence-corrected chi connectivity index (χ4v) is 1.15. The fourth-order valence-electron chi connectivity index (χ4n) is 0.988. The maximum Gasteiger partial charge on any atom is 0.411 e. The zero-order valence-electron chi connectivity index (χ0n) is 8.44. The predicted octanol–water partition coefficient (Wildman–Crippen LogP) is 2.86. The SMILES string of the molecule is CNc1ccc(Cl)c(COCC(F)(F)F)n1. The Kier molecular flexibility index (Phi) is 4.37. The zero-order chi connectivity index (χ0) is 12.2. The van der Waals surface area contributed by atoms with Crippen molar-refractivity contribution in [3.05, 3.63) is 22.8 Å². The molecule has 0 saturated carbocycles. The summed E-state index contributed by atoms with van der Waals surface area (Å²) < 4.78 is 39.9. The highest BCUT2D eigenvalue weighted by atomic mass is 35.5. The van der Waals surface area contributed by atoms with Gasteiger partial charge in [-0.25, -0.2) is 4.98 Å². The van der Waals surface area contributed by atoms with Gasteiger partial charge in [-0.15, -0.1) is 0 Å². The van der Waals surface area contributed by atoms with Crippen molar-refractivity contribution < 1.29 is 17.9 Å². The zero-order valence-corrected chi connectivity index (χ0v) is 9.19. The first-order valence-corrected chi connectivity index (χ1v) is 4.78. The first kappa shape index (κ1) is 13.1. The molecule has 0 bridgehead atoms. The lowest BCUT2D eigenvalue weighted by Crippen LogP contribution is -2.17. The van der Waals surface area contributed by atoms with Gasteiger partial charge in [0.05, 0.1) is 17.3 Å². The summed E-state index contributed by atoms with van der Waals surface area (Å²) >= 11 is 5.75. The van der Waals surface area contributed by atoms with E-state index in [1.54, 1.807) is 19.2 Å². The molecule has 1 aromatic heterocycles. The van der Waals surface area contributed by atoms with Crippen LogP contribution in [0.25, 0.3) is 0 Å². The lowest BCUT2D eigenvalue weighted by molar-refractivity contribution is -0.176. The maximum atomic E-state index is 11.8. The van der Waals surface area contributed by atoms with Crippen molar-refractivity contribution in [2.75, 3.05) is 19.0 Å². The van der Waals surface area contributed by atoms with E-state index in [1.807, 2.05) is 0 Å². The number of nitrogens with one attached hydrogen (secondary N) is 1. The van der Waals surface area contributed by atoms with Crippen LogP contribution < -0.4 is 5.32 Å². The summed E-state index contributed by atoms with van der Waals surface area (Å²) in [6.45, 7) is -1.58. The number of ether oxygens (including phenoxy) is 1. The molecule has 0 saturated heterocycles. The van der Waals surface area contributed by atoms with Crippen LogP contribution in [0, 0.1) is 0 Å². The number of halogens is 4. The fraction of sp³-hybridized carbons (Fsp3) is 0.444. The van der Waals surface area contributed by atoms with E-state index in [4.69, 9.17) is 11.6 Å². The highest BCUT2D eigenvalue weighted by Gasteiger charge is 2.27. The normalized spacial score (nSPS) is 11.6. The number of hydrogen-bond donors (Lipinski definition) is 1. The van der Waals surface area contributed by atoms with Crippen molar-refractivity contribution in [1.82, 2.24) is 4.98 Å². The molecule has 0 fully saturated rings. The number of nitrogens with zero attached hydrogens (tertiary/aromatic N) is 1. The van der Waals surface area contributed by atoms with Crippen molar-refractivity contribution in [1.29, 1.82) is 0 Å². The minimum atomic E-state index is -4.34. The molecule has 0 aromatic carbocycles. The van der Waals surface area contributed by atoms with Crippen LogP contribution in [-0.4, -0.2) is 24.8 Å². The van der Waals surface area contributed by atoms with E-state index in [0.717, 1.165) is 0 Å². The van der Waals surface area contributed by atoms with Gasteiger partial charge in [0.15, 0.2) is 0 Å². The summed E-state index contributed by atoms with van der Waals surface area (Å²) in [5.41, 5.74) is 0.276. The number of anilines is 1. The van der Waals surface area contributed by atoms with Crippen molar-refractivity contribution in [2.24, 2.45) is 0 Å². The second kappa shape index (κ2) is 5.36. The molecule has 0 atom stereocenters. The predicted molar refractivity (Wildman–Crippen MR) is 54.5 cm³/mol. The second-order valence-electron chi connectivity index (χ2n) is 2.98. The lowest BCUT2D eigenvalue weighted by atomic mass is 10.3. The Bertz CT molecular complexity index is 357. The number of alkyl halides is 3. The van der Waals surface area contributed by atoms with E-state index >= 15 is 0 Å².